The molecule has 0 spiro atoms. The minimum absolute atomic E-state index is 0.0210. The Morgan fingerprint density at radius 2 is 1.57 bits per heavy atom. The average molecular weight is 593 g/mol. The molecule has 3 atom stereocenters. The summed E-state index contributed by atoms with van der Waals surface area (Å²) in [5, 5.41) is 21.5. The molecule has 0 fully saturated rings. The van der Waals surface area contributed by atoms with E-state index in [0.717, 1.165) is 37.0 Å². The van der Waals surface area contributed by atoms with Crippen molar-refractivity contribution in [3.05, 3.63) is 77.9 Å². The largest absolute Gasteiger partial charge is 0.417 e. The maximum Gasteiger partial charge on any atom is 0.297 e. The van der Waals surface area contributed by atoms with Crippen LogP contribution in [0.5, 0.6) is 0 Å². The Labute approximate surface area is 242 Å². The average Bonchev–Trinajstić information content (AvgIpc) is 2.89. The molecule has 2 rings (SSSR count). The fourth-order valence-electron chi connectivity index (χ4n) is 3.60. The number of unbranched alkanes of at least 4 members (excludes halogenated alkanes) is 2. The number of aliphatic hydroxyl groups excluding tert-OH is 2. The number of benzene rings is 2. The molecule has 0 saturated carbocycles. The van der Waals surface area contributed by atoms with Gasteiger partial charge in [-0.15, -0.1) is 0 Å². The molecule has 0 aliphatic carbocycles. The van der Waals surface area contributed by atoms with E-state index in [1.54, 1.807) is 24.3 Å². The Kier molecular flexibility index (Phi) is 13.7. The van der Waals surface area contributed by atoms with E-state index in [1.165, 1.54) is 12.1 Å². The molecule has 0 heterocycles. The van der Waals surface area contributed by atoms with E-state index in [2.05, 4.69) is 33.9 Å². The first-order valence-electron chi connectivity index (χ1n) is 14.0. The van der Waals surface area contributed by atoms with Gasteiger partial charge < -0.3 is 19.4 Å². The van der Waals surface area contributed by atoms with E-state index in [9.17, 15) is 18.6 Å². The van der Waals surface area contributed by atoms with Crippen molar-refractivity contribution in [1.29, 1.82) is 0 Å². The standard InChI is InChI=1S/C31H48O7SSi/c1-25-16-19-28(20-17-25)39(34,35)37-24-29(33)30(36-23-26-13-9-7-10-14-26)21-18-27(32)15-11-8-12-22-38-40(5,6)31(2,3)4/h7,9-10,13-14,16-21,27,29-30,32-33H,8,11-12,15,22-24H2,1-6H3/b21-18+/t27-,29+,30-/m1/s1. The smallest absolute Gasteiger partial charge is 0.297 e. The van der Waals surface area contributed by atoms with Crippen molar-refractivity contribution >= 4 is 18.4 Å². The molecule has 0 aliphatic heterocycles. The van der Waals surface area contributed by atoms with Crippen LogP contribution in [0.3, 0.4) is 0 Å². The number of aryl methyl sites for hydroxylation is 1. The molecule has 224 valence electrons. The predicted octanol–water partition coefficient (Wildman–Crippen LogP) is 6.15. The minimum atomic E-state index is -4.04. The van der Waals surface area contributed by atoms with Gasteiger partial charge in [0.25, 0.3) is 10.1 Å². The van der Waals surface area contributed by atoms with E-state index in [4.69, 9.17) is 13.3 Å². The van der Waals surface area contributed by atoms with Crippen LogP contribution < -0.4 is 0 Å². The fourth-order valence-corrected chi connectivity index (χ4v) is 5.61. The number of rotatable bonds is 17. The summed E-state index contributed by atoms with van der Waals surface area (Å²) >= 11 is 0. The van der Waals surface area contributed by atoms with Crippen LogP contribution in [-0.2, 0) is 30.1 Å². The summed E-state index contributed by atoms with van der Waals surface area (Å²) in [5.41, 5.74) is 1.83. The Morgan fingerprint density at radius 3 is 2.20 bits per heavy atom. The summed E-state index contributed by atoms with van der Waals surface area (Å²) in [7, 11) is -5.78. The van der Waals surface area contributed by atoms with Gasteiger partial charge in [-0.25, -0.2) is 0 Å². The van der Waals surface area contributed by atoms with Crippen molar-refractivity contribution in [3.8, 4) is 0 Å². The molecular weight excluding hydrogens is 544 g/mol. The predicted molar refractivity (Wildman–Crippen MR) is 162 cm³/mol. The Bertz CT molecular complexity index is 1130. The summed E-state index contributed by atoms with van der Waals surface area (Å²) in [4.78, 5) is 0.0210. The highest BCUT2D eigenvalue weighted by Gasteiger charge is 2.36. The van der Waals surface area contributed by atoms with E-state index in [1.807, 2.05) is 37.3 Å². The molecule has 0 unspecified atom stereocenters. The monoisotopic (exact) mass is 592 g/mol. The zero-order chi connectivity index (χ0) is 29.8. The highest BCUT2D eigenvalue weighted by Crippen LogP contribution is 2.36. The lowest BCUT2D eigenvalue weighted by molar-refractivity contribution is -0.0357. The molecule has 0 amide bonds. The number of hydrogen-bond acceptors (Lipinski definition) is 7. The van der Waals surface area contributed by atoms with Gasteiger partial charge >= 0.3 is 0 Å². The first-order chi connectivity index (χ1) is 18.7. The minimum Gasteiger partial charge on any atom is -0.417 e. The summed E-state index contributed by atoms with van der Waals surface area (Å²) in [6.45, 7) is 13.5. The lowest BCUT2D eigenvalue weighted by Crippen LogP contribution is -2.40. The van der Waals surface area contributed by atoms with E-state index in [0.29, 0.717) is 6.42 Å². The molecule has 2 aromatic carbocycles. The molecule has 2 N–H and O–H groups in total. The van der Waals surface area contributed by atoms with Crippen LogP contribution in [0.15, 0.2) is 71.6 Å². The number of hydrogen-bond donors (Lipinski definition) is 2. The second kappa shape index (κ2) is 16.0. The third-order valence-electron chi connectivity index (χ3n) is 7.30. The molecule has 0 aliphatic rings. The normalized spacial score (nSPS) is 15.3. The maximum atomic E-state index is 12.6. The van der Waals surface area contributed by atoms with Crippen molar-refractivity contribution in [3.63, 3.8) is 0 Å². The first kappa shape index (κ1) is 34.3. The second-order valence-electron chi connectivity index (χ2n) is 11.8. The van der Waals surface area contributed by atoms with Gasteiger partial charge in [-0.2, -0.15) is 8.42 Å². The van der Waals surface area contributed by atoms with Crippen molar-refractivity contribution in [2.75, 3.05) is 13.2 Å². The molecular formula is C31H48O7SSi. The molecule has 7 nitrogen and oxygen atoms in total. The quantitative estimate of drug-likeness (QED) is 0.0984. The number of aliphatic hydroxyl groups is 2. The zero-order valence-corrected chi connectivity index (χ0v) is 26.7. The summed E-state index contributed by atoms with van der Waals surface area (Å²) < 4.78 is 42.4. The highest BCUT2D eigenvalue weighted by molar-refractivity contribution is 7.86. The molecule has 0 radical (unpaired) electrons. The van der Waals surface area contributed by atoms with Crippen LogP contribution in [0.1, 0.15) is 57.6 Å². The number of ether oxygens (including phenoxy) is 1. The molecule has 0 bridgehead atoms. The van der Waals surface area contributed by atoms with Gasteiger partial charge in [0.1, 0.15) is 12.2 Å². The third-order valence-corrected chi connectivity index (χ3v) is 13.1. The molecule has 0 saturated heterocycles. The van der Waals surface area contributed by atoms with E-state index >= 15 is 0 Å². The van der Waals surface area contributed by atoms with Gasteiger partial charge in [0.05, 0.1) is 24.2 Å². The van der Waals surface area contributed by atoms with Gasteiger partial charge in [-0.05, 0) is 55.6 Å². The lowest BCUT2D eigenvalue weighted by atomic mass is 10.1. The van der Waals surface area contributed by atoms with Crippen LogP contribution >= 0.6 is 0 Å². The van der Waals surface area contributed by atoms with Crippen molar-refractivity contribution in [2.45, 2.75) is 101 Å². The van der Waals surface area contributed by atoms with Crippen LogP contribution in [0, 0.1) is 6.92 Å². The van der Waals surface area contributed by atoms with Crippen molar-refractivity contribution in [1.82, 2.24) is 0 Å². The molecule has 0 aromatic heterocycles. The third kappa shape index (κ3) is 11.9. The van der Waals surface area contributed by atoms with Gasteiger partial charge in [-0.3, -0.25) is 4.18 Å². The van der Waals surface area contributed by atoms with E-state index < -0.39 is 43.4 Å². The topological polar surface area (TPSA) is 102 Å². The van der Waals surface area contributed by atoms with Crippen LogP contribution in [-0.4, -0.2) is 58.5 Å². The fraction of sp³-hybridized carbons (Fsp3) is 0.548. The van der Waals surface area contributed by atoms with Crippen molar-refractivity contribution < 1.29 is 32.0 Å². The Morgan fingerprint density at radius 1 is 0.925 bits per heavy atom. The summed E-state index contributed by atoms with van der Waals surface area (Å²) in [6.07, 6.45) is 3.62. The highest BCUT2D eigenvalue weighted by atomic mass is 32.2. The zero-order valence-electron chi connectivity index (χ0n) is 24.9. The van der Waals surface area contributed by atoms with Crippen molar-refractivity contribution in [2.24, 2.45) is 0 Å². The van der Waals surface area contributed by atoms with Crippen LogP contribution in [0.25, 0.3) is 0 Å². The molecule has 2 aromatic rings. The van der Waals surface area contributed by atoms with Crippen LogP contribution in [0.2, 0.25) is 18.1 Å². The molecule has 40 heavy (non-hydrogen) atoms. The van der Waals surface area contributed by atoms with Crippen LogP contribution in [0.4, 0.5) is 0 Å². The van der Waals surface area contributed by atoms with E-state index in [-0.39, 0.29) is 16.5 Å². The maximum absolute atomic E-state index is 12.6. The second-order valence-corrected chi connectivity index (χ2v) is 18.2. The lowest BCUT2D eigenvalue weighted by Gasteiger charge is -2.36. The summed E-state index contributed by atoms with van der Waals surface area (Å²) in [6, 6.07) is 15.8. The SMILES string of the molecule is Cc1ccc(S(=O)(=O)OC[C@H](O)[C@@H](/C=C/[C@H](O)CCCCCO[Si](C)(C)C(C)(C)C)OCc2ccccc2)cc1. The Hall–Kier alpha value is -1.85. The van der Waals surface area contributed by atoms with Gasteiger partial charge in [0.15, 0.2) is 8.32 Å². The first-order valence-corrected chi connectivity index (χ1v) is 18.3. The summed E-state index contributed by atoms with van der Waals surface area (Å²) in [5.74, 6) is 0. The molecule has 9 heteroatoms. The Balaban J connectivity index is 1.90. The van der Waals surface area contributed by atoms with Gasteiger partial charge in [0.2, 0.25) is 0 Å². The van der Waals surface area contributed by atoms with Gasteiger partial charge in [0, 0.05) is 6.61 Å². The van der Waals surface area contributed by atoms with Gasteiger partial charge in [-0.1, -0.05) is 93.8 Å².